The van der Waals surface area contributed by atoms with Crippen LogP contribution in [0.25, 0.3) is 0 Å². The molecule has 3 rings (SSSR count). The van der Waals surface area contributed by atoms with Gasteiger partial charge in [-0.2, -0.15) is 0 Å². The zero-order valence-electron chi connectivity index (χ0n) is 12.3. The lowest BCUT2D eigenvalue weighted by Gasteiger charge is -2.24. The first kappa shape index (κ1) is 14.0. The normalized spacial score (nSPS) is 22.6. The Morgan fingerprint density at radius 3 is 3.00 bits per heavy atom. The highest BCUT2D eigenvalue weighted by Crippen LogP contribution is 2.34. The Labute approximate surface area is 124 Å². The first-order chi connectivity index (χ1) is 10.2. The van der Waals surface area contributed by atoms with Crippen LogP contribution in [0.15, 0.2) is 30.6 Å². The summed E-state index contributed by atoms with van der Waals surface area (Å²) in [5.74, 6) is 1.74. The third-order valence-electron chi connectivity index (χ3n) is 4.01. The van der Waals surface area contributed by atoms with Gasteiger partial charge in [-0.3, -0.25) is 4.90 Å². The Hall–Kier alpha value is -1.92. The van der Waals surface area contributed by atoms with Gasteiger partial charge in [0.25, 0.3) is 0 Å². The van der Waals surface area contributed by atoms with Gasteiger partial charge in [-0.15, -0.1) is 10.2 Å². The van der Waals surface area contributed by atoms with E-state index < -0.39 is 0 Å². The van der Waals surface area contributed by atoms with E-state index in [0.717, 1.165) is 23.6 Å². The van der Waals surface area contributed by atoms with E-state index in [-0.39, 0.29) is 12.1 Å². The number of aliphatic hydroxyl groups excluding tert-OH is 1. The van der Waals surface area contributed by atoms with Gasteiger partial charge in [-0.05, 0) is 24.1 Å². The van der Waals surface area contributed by atoms with Gasteiger partial charge in [0.15, 0.2) is 0 Å². The molecule has 0 amide bonds. The second-order valence-corrected chi connectivity index (χ2v) is 5.47. The lowest BCUT2D eigenvalue weighted by atomic mass is 10.0. The molecule has 0 unspecified atom stereocenters. The number of aliphatic hydroxyl groups is 1. The van der Waals surface area contributed by atoms with Crippen LogP contribution in [0.5, 0.6) is 5.75 Å². The van der Waals surface area contributed by atoms with Crippen molar-refractivity contribution in [3.63, 3.8) is 0 Å². The maximum atomic E-state index is 10.0. The molecular weight excluding hydrogens is 268 g/mol. The van der Waals surface area contributed by atoms with Gasteiger partial charge in [-0.1, -0.05) is 12.1 Å². The minimum atomic E-state index is -0.311. The molecule has 6 heteroatoms. The monoisotopic (exact) mass is 288 g/mol. The van der Waals surface area contributed by atoms with E-state index in [9.17, 15) is 5.11 Å². The molecule has 2 atom stereocenters. The van der Waals surface area contributed by atoms with Crippen LogP contribution in [0.4, 0.5) is 0 Å². The summed E-state index contributed by atoms with van der Waals surface area (Å²) in [6.07, 6.45) is 2.11. The smallest absolute Gasteiger partial charge is 0.146 e. The second kappa shape index (κ2) is 5.83. The van der Waals surface area contributed by atoms with E-state index in [2.05, 4.69) is 21.2 Å². The number of hydrogen-bond acceptors (Lipinski definition) is 5. The van der Waals surface area contributed by atoms with Crippen molar-refractivity contribution in [2.75, 3.05) is 13.7 Å². The van der Waals surface area contributed by atoms with Crippen LogP contribution in [0, 0.1) is 0 Å². The summed E-state index contributed by atoms with van der Waals surface area (Å²) in [6.45, 7) is 1.32. The summed E-state index contributed by atoms with van der Waals surface area (Å²) in [6, 6.07) is 8.20. The molecule has 0 bridgehead atoms. The van der Waals surface area contributed by atoms with Gasteiger partial charge in [0.05, 0.1) is 19.8 Å². The van der Waals surface area contributed by atoms with Crippen LogP contribution in [0.2, 0.25) is 0 Å². The van der Waals surface area contributed by atoms with Crippen molar-refractivity contribution in [2.24, 2.45) is 7.05 Å². The van der Waals surface area contributed by atoms with E-state index in [1.54, 1.807) is 13.4 Å². The van der Waals surface area contributed by atoms with E-state index in [4.69, 9.17) is 4.74 Å². The molecule has 0 spiro atoms. The van der Waals surface area contributed by atoms with Crippen LogP contribution in [0.1, 0.15) is 23.9 Å². The maximum Gasteiger partial charge on any atom is 0.146 e. The molecule has 1 aliphatic heterocycles. The van der Waals surface area contributed by atoms with Crippen LogP contribution in [-0.4, -0.2) is 44.5 Å². The molecule has 6 nitrogen and oxygen atoms in total. The summed E-state index contributed by atoms with van der Waals surface area (Å²) in [4.78, 5) is 2.24. The molecule has 2 aromatic rings. The molecule has 1 fully saturated rings. The molecule has 21 heavy (non-hydrogen) atoms. The molecule has 0 radical (unpaired) electrons. The number of rotatable bonds is 4. The standard InChI is InChI=1S/C15H20N4O2/c1-18-10-16-17-15(18)9-19-8-12(20)7-14(19)11-4-3-5-13(6-11)21-2/h3-6,10,12,14,20H,7-9H2,1-2H3/t12-,14+/m0/s1. The van der Waals surface area contributed by atoms with Crippen molar-refractivity contribution in [1.29, 1.82) is 0 Å². The zero-order chi connectivity index (χ0) is 14.8. The predicted molar refractivity (Wildman–Crippen MR) is 77.8 cm³/mol. The fourth-order valence-corrected chi connectivity index (χ4v) is 2.88. The van der Waals surface area contributed by atoms with Crippen LogP contribution in [0.3, 0.4) is 0 Å². The lowest BCUT2D eigenvalue weighted by molar-refractivity contribution is 0.171. The Bertz CT molecular complexity index is 613. The number of β-amino-alcohol motifs (C(OH)–C–C–N with tert-alkyl or cyclic N) is 1. The molecule has 1 aromatic heterocycles. The summed E-state index contributed by atoms with van der Waals surface area (Å²) in [5, 5.41) is 18.1. The van der Waals surface area contributed by atoms with Crippen LogP contribution >= 0.6 is 0 Å². The third kappa shape index (κ3) is 2.91. The summed E-state index contributed by atoms with van der Waals surface area (Å²) in [7, 11) is 3.60. The molecule has 1 N–H and O–H groups in total. The predicted octanol–water partition coefficient (Wildman–Crippen LogP) is 1.13. The molecule has 1 aromatic carbocycles. The number of aryl methyl sites for hydroxylation is 1. The third-order valence-corrected chi connectivity index (χ3v) is 4.01. The largest absolute Gasteiger partial charge is 0.497 e. The molecule has 112 valence electrons. The topological polar surface area (TPSA) is 63.4 Å². The number of hydrogen-bond donors (Lipinski definition) is 1. The molecule has 0 aliphatic carbocycles. The van der Waals surface area contributed by atoms with Crippen molar-refractivity contribution in [1.82, 2.24) is 19.7 Å². The van der Waals surface area contributed by atoms with Gasteiger partial charge < -0.3 is 14.4 Å². The number of likely N-dealkylation sites (tertiary alicyclic amines) is 1. The SMILES string of the molecule is COc1cccc([C@H]2C[C@H](O)CN2Cc2nncn2C)c1. The average Bonchev–Trinajstić information content (AvgIpc) is 3.06. The first-order valence-electron chi connectivity index (χ1n) is 7.06. The summed E-state index contributed by atoms with van der Waals surface area (Å²) >= 11 is 0. The molecular formula is C15H20N4O2. The van der Waals surface area contributed by atoms with Crippen LogP contribution in [-0.2, 0) is 13.6 Å². The highest BCUT2D eigenvalue weighted by atomic mass is 16.5. The van der Waals surface area contributed by atoms with Crippen molar-refractivity contribution >= 4 is 0 Å². The fraction of sp³-hybridized carbons (Fsp3) is 0.467. The van der Waals surface area contributed by atoms with Gasteiger partial charge >= 0.3 is 0 Å². The van der Waals surface area contributed by atoms with E-state index in [1.165, 1.54) is 0 Å². The van der Waals surface area contributed by atoms with Gasteiger partial charge in [0.2, 0.25) is 0 Å². The van der Waals surface area contributed by atoms with E-state index in [1.807, 2.05) is 29.8 Å². The van der Waals surface area contributed by atoms with Crippen LogP contribution < -0.4 is 4.74 Å². The number of benzene rings is 1. The molecule has 0 saturated carbocycles. The Morgan fingerprint density at radius 1 is 1.43 bits per heavy atom. The number of nitrogens with zero attached hydrogens (tertiary/aromatic N) is 4. The minimum absolute atomic E-state index is 0.173. The quantitative estimate of drug-likeness (QED) is 0.914. The van der Waals surface area contributed by atoms with Gasteiger partial charge in [0, 0.05) is 19.6 Å². The molecule has 1 aliphatic rings. The van der Waals surface area contributed by atoms with Crippen molar-refractivity contribution in [2.45, 2.75) is 25.1 Å². The number of aromatic nitrogens is 3. The van der Waals surface area contributed by atoms with E-state index >= 15 is 0 Å². The number of ether oxygens (including phenoxy) is 1. The summed E-state index contributed by atoms with van der Waals surface area (Å²) < 4.78 is 7.20. The van der Waals surface area contributed by atoms with Crippen molar-refractivity contribution in [3.8, 4) is 5.75 Å². The molecule has 1 saturated heterocycles. The van der Waals surface area contributed by atoms with Crippen molar-refractivity contribution in [3.05, 3.63) is 42.0 Å². The summed E-state index contributed by atoms with van der Waals surface area (Å²) in [5.41, 5.74) is 1.16. The van der Waals surface area contributed by atoms with E-state index in [0.29, 0.717) is 13.1 Å². The second-order valence-electron chi connectivity index (χ2n) is 5.47. The Balaban J connectivity index is 1.83. The first-order valence-corrected chi connectivity index (χ1v) is 7.06. The maximum absolute atomic E-state index is 10.0. The zero-order valence-corrected chi connectivity index (χ0v) is 12.3. The van der Waals surface area contributed by atoms with Crippen molar-refractivity contribution < 1.29 is 9.84 Å². The molecule has 2 heterocycles. The highest BCUT2D eigenvalue weighted by Gasteiger charge is 2.32. The lowest BCUT2D eigenvalue weighted by Crippen LogP contribution is -2.25. The van der Waals surface area contributed by atoms with Gasteiger partial charge in [-0.25, -0.2) is 0 Å². The highest BCUT2D eigenvalue weighted by molar-refractivity contribution is 5.31. The minimum Gasteiger partial charge on any atom is -0.497 e. The Kier molecular flexibility index (Phi) is 3.90. The van der Waals surface area contributed by atoms with Gasteiger partial charge in [0.1, 0.15) is 17.9 Å². The fourth-order valence-electron chi connectivity index (χ4n) is 2.88. The average molecular weight is 288 g/mol. The number of methoxy groups -OCH3 is 1. The Morgan fingerprint density at radius 2 is 2.29 bits per heavy atom.